The fourth-order valence-corrected chi connectivity index (χ4v) is 1.86. The first-order valence-corrected chi connectivity index (χ1v) is 5.44. The Hall–Kier alpha value is -1.40. The standard InChI is InChI=1S/C11H11F5N2/c12-10(13)2-5-18(6-3-10)8-1-4-17-9(7-8)11(14,15)16/h1,4,7H,2-3,5-6H2. The minimum atomic E-state index is -4.52. The molecule has 2 heterocycles. The number of nitrogens with zero attached hydrogens (tertiary/aromatic N) is 2. The number of hydrogen-bond donors (Lipinski definition) is 0. The van der Waals surface area contributed by atoms with Crippen molar-refractivity contribution in [1.29, 1.82) is 0 Å². The molecule has 2 rings (SSSR count). The van der Waals surface area contributed by atoms with Crippen molar-refractivity contribution in [3.63, 3.8) is 0 Å². The molecule has 1 fully saturated rings. The van der Waals surface area contributed by atoms with Crippen molar-refractivity contribution in [3.8, 4) is 0 Å². The van der Waals surface area contributed by atoms with E-state index in [0.29, 0.717) is 0 Å². The van der Waals surface area contributed by atoms with Gasteiger partial charge in [-0.05, 0) is 12.1 Å². The summed E-state index contributed by atoms with van der Waals surface area (Å²) in [5, 5.41) is 0. The van der Waals surface area contributed by atoms with Gasteiger partial charge in [-0.2, -0.15) is 13.2 Å². The summed E-state index contributed by atoms with van der Waals surface area (Å²) in [6.07, 6.45) is -4.14. The van der Waals surface area contributed by atoms with Gasteiger partial charge in [0.2, 0.25) is 0 Å². The van der Waals surface area contributed by atoms with Gasteiger partial charge in [-0.3, -0.25) is 4.98 Å². The summed E-state index contributed by atoms with van der Waals surface area (Å²) < 4.78 is 63.3. The molecule has 0 spiro atoms. The Kier molecular flexibility index (Phi) is 3.16. The highest BCUT2D eigenvalue weighted by atomic mass is 19.4. The van der Waals surface area contributed by atoms with Crippen molar-refractivity contribution >= 4 is 5.69 Å². The Balaban J connectivity index is 2.15. The molecular formula is C11H11F5N2. The van der Waals surface area contributed by atoms with Crippen molar-refractivity contribution in [2.24, 2.45) is 0 Å². The lowest BCUT2D eigenvalue weighted by molar-refractivity contribution is -0.141. The number of hydrogen-bond acceptors (Lipinski definition) is 2. The third-order valence-corrected chi connectivity index (χ3v) is 2.89. The second-order valence-corrected chi connectivity index (χ2v) is 4.24. The van der Waals surface area contributed by atoms with Crippen LogP contribution in [0.4, 0.5) is 27.6 Å². The predicted molar refractivity (Wildman–Crippen MR) is 55.6 cm³/mol. The van der Waals surface area contributed by atoms with Gasteiger partial charge in [0.05, 0.1) is 0 Å². The third kappa shape index (κ3) is 2.88. The molecule has 1 aromatic rings. The topological polar surface area (TPSA) is 16.1 Å². The molecule has 1 saturated heterocycles. The summed E-state index contributed by atoms with van der Waals surface area (Å²) >= 11 is 0. The minimum absolute atomic E-state index is 0.0499. The number of halogens is 5. The maximum atomic E-state index is 12.9. The van der Waals surface area contributed by atoms with E-state index in [0.717, 1.165) is 12.3 Å². The molecule has 0 saturated carbocycles. The second kappa shape index (κ2) is 4.37. The normalized spacial score (nSPS) is 19.9. The molecular weight excluding hydrogens is 255 g/mol. The zero-order valence-corrected chi connectivity index (χ0v) is 9.34. The maximum absolute atomic E-state index is 12.9. The Morgan fingerprint density at radius 3 is 2.33 bits per heavy atom. The van der Waals surface area contributed by atoms with E-state index in [1.165, 1.54) is 11.0 Å². The predicted octanol–water partition coefficient (Wildman–Crippen LogP) is 3.34. The molecule has 0 radical (unpaired) electrons. The first kappa shape index (κ1) is 13.0. The summed E-state index contributed by atoms with van der Waals surface area (Å²) in [5.74, 6) is -2.71. The number of alkyl halides is 5. The molecule has 100 valence electrons. The molecule has 1 aliphatic rings. The van der Waals surface area contributed by atoms with Gasteiger partial charge < -0.3 is 4.90 Å². The van der Waals surface area contributed by atoms with E-state index in [1.54, 1.807) is 0 Å². The van der Waals surface area contributed by atoms with Gasteiger partial charge in [-0.25, -0.2) is 8.78 Å². The van der Waals surface area contributed by atoms with Crippen molar-refractivity contribution in [3.05, 3.63) is 24.0 Å². The first-order valence-electron chi connectivity index (χ1n) is 5.44. The molecule has 0 unspecified atom stereocenters. The van der Waals surface area contributed by atoms with Gasteiger partial charge in [0.15, 0.2) is 0 Å². The van der Waals surface area contributed by atoms with E-state index < -0.39 is 17.8 Å². The average molecular weight is 266 g/mol. The number of aromatic nitrogens is 1. The monoisotopic (exact) mass is 266 g/mol. The first-order chi connectivity index (χ1) is 8.28. The highest BCUT2D eigenvalue weighted by Gasteiger charge is 2.36. The van der Waals surface area contributed by atoms with Crippen molar-refractivity contribution in [2.75, 3.05) is 18.0 Å². The Morgan fingerprint density at radius 1 is 1.17 bits per heavy atom. The van der Waals surface area contributed by atoms with Crippen LogP contribution in [0.15, 0.2) is 18.3 Å². The van der Waals surface area contributed by atoms with Gasteiger partial charge in [-0.15, -0.1) is 0 Å². The van der Waals surface area contributed by atoms with Crippen LogP contribution < -0.4 is 4.90 Å². The fraction of sp³-hybridized carbons (Fsp3) is 0.545. The van der Waals surface area contributed by atoms with E-state index in [2.05, 4.69) is 4.98 Å². The largest absolute Gasteiger partial charge is 0.433 e. The summed E-state index contributed by atoms with van der Waals surface area (Å²) in [6.45, 7) is 0.0998. The van der Waals surface area contributed by atoms with Gasteiger partial charge in [0.25, 0.3) is 5.92 Å². The quantitative estimate of drug-likeness (QED) is 0.725. The van der Waals surface area contributed by atoms with E-state index in [4.69, 9.17) is 0 Å². The molecule has 1 aromatic heterocycles. The second-order valence-electron chi connectivity index (χ2n) is 4.24. The maximum Gasteiger partial charge on any atom is 0.433 e. The molecule has 0 atom stereocenters. The fourth-order valence-electron chi connectivity index (χ4n) is 1.86. The molecule has 1 aliphatic heterocycles. The molecule has 18 heavy (non-hydrogen) atoms. The summed E-state index contributed by atoms with van der Waals surface area (Å²) in [4.78, 5) is 4.76. The van der Waals surface area contributed by atoms with E-state index in [-0.39, 0.29) is 31.6 Å². The highest BCUT2D eigenvalue weighted by molar-refractivity contribution is 5.47. The number of pyridine rings is 1. The van der Waals surface area contributed by atoms with Crippen LogP contribution in [0.2, 0.25) is 0 Å². The third-order valence-electron chi connectivity index (χ3n) is 2.89. The smallest absolute Gasteiger partial charge is 0.371 e. The van der Waals surface area contributed by atoms with Crippen LogP contribution in [0, 0.1) is 0 Å². The Labute approximate surface area is 100 Å². The summed E-state index contributed by atoms with van der Waals surface area (Å²) in [7, 11) is 0. The van der Waals surface area contributed by atoms with Gasteiger partial charge in [-0.1, -0.05) is 0 Å². The molecule has 0 N–H and O–H groups in total. The average Bonchev–Trinajstić information content (AvgIpc) is 2.28. The SMILES string of the molecule is FC1(F)CCN(c2ccnc(C(F)(F)F)c2)CC1. The highest BCUT2D eigenvalue weighted by Crippen LogP contribution is 2.33. The van der Waals surface area contributed by atoms with Crippen LogP contribution >= 0.6 is 0 Å². The van der Waals surface area contributed by atoms with Crippen molar-refractivity contribution < 1.29 is 22.0 Å². The van der Waals surface area contributed by atoms with Crippen LogP contribution in [0.3, 0.4) is 0 Å². The molecule has 2 nitrogen and oxygen atoms in total. The van der Waals surface area contributed by atoms with Crippen LogP contribution in [-0.2, 0) is 6.18 Å². The molecule has 7 heteroatoms. The molecule has 0 aliphatic carbocycles. The van der Waals surface area contributed by atoms with Gasteiger partial charge >= 0.3 is 6.18 Å². The number of piperidine rings is 1. The summed E-state index contributed by atoms with van der Waals surface area (Å²) in [5.41, 5.74) is -0.717. The lowest BCUT2D eigenvalue weighted by Gasteiger charge is -2.33. The van der Waals surface area contributed by atoms with E-state index in [9.17, 15) is 22.0 Å². The number of rotatable bonds is 1. The Morgan fingerprint density at radius 2 is 1.78 bits per heavy atom. The van der Waals surface area contributed by atoms with Crippen LogP contribution in [0.25, 0.3) is 0 Å². The number of anilines is 1. The molecule has 0 amide bonds. The molecule has 0 bridgehead atoms. The van der Waals surface area contributed by atoms with Crippen molar-refractivity contribution in [2.45, 2.75) is 24.9 Å². The van der Waals surface area contributed by atoms with Crippen LogP contribution in [0.5, 0.6) is 0 Å². The van der Waals surface area contributed by atoms with Crippen LogP contribution in [-0.4, -0.2) is 24.0 Å². The zero-order valence-electron chi connectivity index (χ0n) is 9.34. The van der Waals surface area contributed by atoms with E-state index in [1.807, 2.05) is 0 Å². The minimum Gasteiger partial charge on any atom is -0.371 e. The lowest BCUT2D eigenvalue weighted by Crippen LogP contribution is -2.39. The van der Waals surface area contributed by atoms with Gasteiger partial charge in [0.1, 0.15) is 5.69 Å². The van der Waals surface area contributed by atoms with Crippen LogP contribution in [0.1, 0.15) is 18.5 Å². The zero-order chi connectivity index (χ0) is 13.4. The Bertz CT molecular complexity index is 420. The molecule has 0 aromatic carbocycles. The van der Waals surface area contributed by atoms with Gasteiger partial charge in [0, 0.05) is 37.8 Å². The van der Waals surface area contributed by atoms with E-state index >= 15 is 0 Å². The summed E-state index contributed by atoms with van der Waals surface area (Å²) in [6, 6.07) is 2.29. The van der Waals surface area contributed by atoms with Crippen molar-refractivity contribution in [1.82, 2.24) is 4.98 Å². The lowest BCUT2D eigenvalue weighted by atomic mass is 10.1.